The predicted octanol–water partition coefficient (Wildman–Crippen LogP) is 5.17. The number of alkyl halides is 6. The molecule has 0 saturated heterocycles. The molecular formula is C19H15F6N3O2. The van der Waals surface area contributed by atoms with Crippen molar-refractivity contribution >= 4 is 0 Å². The third-order valence-corrected chi connectivity index (χ3v) is 4.70. The number of rotatable bonds is 3. The number of benzene rings is 2. The molecule has 2 atom stereocenters. The fourth-order valence-corrected chi connectivity index (χ4v) is 3.45. The molecule has 2 aromatic rings. The van der Waals surface area contributed by atoms with Crippen molar-refractivity contribution in [2.75, 3.05) is 0 Å². The maximum absolute atomic E-state index is 13.5. The van der Waals surface area contributed by atoms with Gasteiger partial charge in [-0.3, -0.25) is 15.4 Å². The molecule has 0 aromatic heterocycles. The van der Waals surface area contributed by atoms with Crippen molar-refractivity contribution in [2.24, 2.45) is 0 Å². The number of allylic oxidation sites excluding steroid dienone is 1. The molecule has 0 spiro atoms. The van der Waals surface area contributed by atoms with E-state index < -0.39 is 51.9 Å². The van der Waals surface area contributed by atoms with E-state index in [1.807, 2.05) is 0 Å². The normalized spacial score (nSPS) is 20.1. The van der Waals surface area contributed by atoms with Crippen LogP contribution in [0, 0.1) is 10.1 Å². The fraction of sp³-hybridized carbons (Fsp3) is 0.263. The minimum atomic E-state index is -4.81. The van der Waals surface area contributed by atoms with Crippen LogP contribution in [0.15, 0.2) is 59.9 Å². The van der Waals surface area contributed by atoms with Crippen LogP contribution in [0.2, 0.25) is 0 Å². The van der Waals surface area contributed by atoms with Crippen molar-refractivity contribution in [3.8, 4) is 0 Å². The van der Waals surface area contributed by atoms with E-state index in [0.29, 0.717) is 0 Å². The molecule has 0 saturated carbocycles. The van der Waals surface area contributed by atoms with Gasteiger partial charge < -0.3 is 5.32 Å². The Kier molecular flexibility index (Phi) is 5.50. The molecule has 2 aromatic carbocycles. The van der Waals surface area contributed by atoms with Crippen LogP contribution in [0.1, 0.15) is 41.4 Å². The summed E-state index contributed by atoms with van der Waals surface area (Å²) in [6, 6.07) is 7.16. The average molecular weight is 431 g/mol. The Balaban J connectivity index is 2.16. The topological polar surface area (TPSA) is 67.2 Å². The van der Waals surface area contributed by atoms with E-state index in [-0.39, 0.29) is 11.3 Å². The Bertz CT molecular complexity index is 1000. The minimum Gasteiger partial charge on any atom is -0.364 e. The number of nitro groups is 1. The van der Waals surface area contributed by atoms with Crippen molar-refractivity contribution in [1.29, 1.82) is 0 Å². The van der Waals surface area contributed by atoms with E-state index in [9.17, 15) is 36.5 Å². The Morgan fingerprint density at radius 3 is 1.83 bits per heavy atom. The highest BCUT2D eigenvalue weighted by atomic mass is 19.4. The van der Waals surface area contributed by atoms with Crippen LogP contribution in [-0.2, 0) is 12.4 Å². The molecule has 1 aliphatic heterocycles. The lowest BCUT2D eigenvalue weighted by Gasteiger charge is -2.34. The summed E-state index contributed by atoms with van der Waals surface area (Å²) in [5, 5.41) is 16.7. The summed E-state index contributed by atoms with van der Waals surface area (Å²) in [5.74, 6) is 0. The number of nitrogens with zero attached hydrogens (tertiary/aromatic N) is 1. The van der Waals surface area contributed by atoms with Gasteiger partial charge in [0, 0.05) is 5.56 Å². The second kappa shape index (κ2) is 7.63. The molecule has 1 heterocycles. The van der Waals surface area contributed by atoms with Crippen LogP contribution >= 0.6 is 0 Å². The van der Waals surface area contributed by atoms with Crippen LogP contribution in [0.5, 0.6) is 0 Å². The molecule has 0 bridgehead atoms. The van der Waals surface area contributed by atoms with Gasteiger partial charge >= 0.3 is 12.4 Å². The van der Waals surface area contributed by atoms with Gasteiger partial charge in [0.1, 0.15) is 12.2 Å². The summed E-state index contributed by atoms with van der Waals surface area (Å²) in [5.41, 5.74) is -3.60. The third kappa shape index (κ3) is 4.11. The van der Waals surface area contributed by atoms with Gasteiger partial charge in [-0.05, 0) is 24.6 Å². The smallest absolute Gasteiger partial charge is 0.364 e. The SMILES string of the molecule is CC1=C([N+](=O)[O-])[C@H](c2ccccc2C(F)(F)F)N[C@@H](c2ccccc2C(F)(F)F)N1. The third-order valence-electron chi connectivity index (χ3n) is 4.70. The zero-order chi connectivity index (χ0) is 22.3. The molecule has 30 heavy (non-hydrogen) atoms. The first kappa shape index (κ1) is 21.6. The monoisotopic (exact) mass is 431 g/mol. The molecule has 0 aliphatic carbocycles. The molecule has 1 aliphatic rings. The van der Waals surface area contributed by atoms with Crippen LogP contribution in [-0.4, -0.2) is 4.92 Å². The average Bonchev–Trinajstić information content (AvgIpc) is 2.65. The molecule has 11 heteroatoms. The number of nitrogens with one attached hydrogen (secondary N) is 2. The van der Waals surface area contributed by atoms with E-state index in [1.165, 1.54) is 25.1 Å². The zero-order valence-corrected chi connectivity index (χ0v) is 15.3. The lowest BCUT2D eigenvalue weighted by atomic mass is 9.93. The number of halogens is 6. The quantitative estimate of drug-likeness (QED) is 0.400. The standard InChI is InChI=1S/C19H15F6N3O2/c1-10-16(28(29)30)15(11-6-2-4-8-13(11)18(20,21)22)27-17(26-10)12-7-3-5-9-14(12)19(23,24)25/h2-9,15,17,26-27H,1H3/t15-,17-/m0/s1. The molecule has 2 N–H and O–H groups in total. The Morgan fingerprint density at radius 2 is 1.33 bits per heavy atom. The molecular weight excluding hydrogens is 416 g/mol. The molecule has 5 nitrogen and oxygen atoms in total. The maximum Gasteiger partial charge on any atom is 0.416 e. The highest BCUT2D eigenvalue weighted by Crippen LogP contribution is 2.41. The molecule has 160 valence electrons. The first-order valence-corrected chi connectivity index (χ1v) is 8.61. The van der Waals surface area contributed by atoms with Gasteiger partial charge in [-0.2, -0.15) is 26.3 Å². The summed E-state index contributed by atoms with van der Waals surface area (Å²) in [4.78, 5) is 10.7. The van der Waals surface area contributed by atoms with Crippen molar-refractivity contribution in [2.45, 2.75) is 31.5 Å². The summed E-state index contributed by atoms with van der Waals surface area (Å²) < 4.78 is 80.7. The fourth-order valence-electron chi connectivity index (χ4n) is 3.45. The molecule has 0 radical (unpaired) electrons. The van der Waals surface area contributed by atoms with E-state index in [4.69, 9.17) is 0 Å². The van der Waals surface area contributed by atoms with Crippen molar-refractivity contribution in [3.63, 3.8) is 0 Å². The van der Waals surface area contributed by atoms with Gasteiger partial charge in [0.2, 0.25) is 0 Å². The first-order chi connectivity index (χ1) is 13.9. The van der Waals surface area contributed by atoms with Gasteiger partial charge in [0.15, 0.2) is 0 Å². The Morgan fingerprint density at radius 1 is 0.867 bits per heavy atom. The van der Waals surface area contributed by atoms with Crippen molar-refractivity contribution in [3.05, 3.63) is 92.3 Å². The summed E-state index contributed by atoms with van der Waals surface area (Å²) in [7, 11) is 0. The van der Waals surface area contributed by atoms with Crippen LogP contribution < -0.4 is 10.6 Å². The zero-order valence-electron chi connectivity index (χ0n) is 15.3. The summed E-state index contributed by atoms with van der Waals surface area (Å²) in [6.45, 7) is 1.24. The van der Waals surface area contributed by atoms with Crippen LogP contribution in [0.25, 0.3) is 0 Å². The van der Waals surface area contributed by atoms with Gasteiger partial charge in [-0.25, -0.2) is 0 Å². The minimum absolute atomic E-state index is 0.136. The molecule has 3 rings (SSSR count). The highest BCUT2D eigenvalue weighted by molar-refractivity contribution is 5.40. The predicted molar refractivity (Wildman–Crippen MR) is 94.3 cm³/mol. The van der Waals surface area contributed by atoms with E-state index >= 15 is 0 Å². The summed E-state index contributed by atoms with van der Waals surface area (Å²) >= 11 is 0. The van der Waals surface area contributed by atoms with Gasteiger partial charge in [0.05, 0.1) is 21.7 Å². The van der Waals surface area contributed by atoms with Gasteiger partial charge in [-0.15, -0.1) is 0 Å². The van der Waals surface area contributed by atoms with Crippen LogP contribution in [0.4, 0.5) is 26.3 Å². The van der Waals surface area contributed by atoms with Gasteiger partial charge in [-0.1, -0.05) is 36.4 Å². The molecule has 0 fully saturated rings. The lowest BCUT2D eigenvalue weighted by molar-refractivity contribution is -0.434. The van der Waals surface area contributed by atoms with E-state index in [2.05, 4.69) is 10.6 Å². The largest absolute Gasteiger partial charge is 0.416 e. The van der Waals surface area contributed by atoms with Crippen LogP contribution in [0.3, 0.4) is 0 Å². The van der Waals surface area contributed by atoms with Crippen molar-refractivity contribution < 1.29 is 31.3 Å². The van der Waals surface area contributed by atoms with E-state index in [0.717, 1.165) is 30.3 Å². The Hall–Kier alpha value is -3.08. The second-order valence-electron chi connectivity index (χ2n) is 6.61. The summed E-state index contributed by atoms with van der Waals surface area (Å²) in [6.07, 6.45) is -10.8. The first-order valence-electron chi connectivity index (χ1n) is 8.61. The lowest BCUT2D eigenvalue weighted by Crippen LogP contribution is -2.45. The van der Waals surface area contributed by atoms with E-state index in [1.54, 1.807) is 0 Å². The molecule has 0 unspecified atom stereocenters. The molecule has 0 amide bonds. The second-order valence-corrected chi connectivity index (χ2v) is 6.61. The Labute approximate surface area is 166 Å². The maximum atomic E-state index is 13.5. The van der Waals surface area contributed by atoms with Gasteiger partial charge in [0.25, 0.3) is 5.70 Å². The highest BCUT2D eigenvalue weighted by Gasteiger charge is 2.44. The number of hydrogen-bond acceptors (Lipinski definition) is 4. The van der Waals surface area contributed by atoms with Crippen molar-refractivity contribution in [1.82, 2.24) is 10.6 Å². The number of hydrogen-bond donors (Lipinski definition) is 2.